The normalized spacial score (nSPS) is 12.5. The van der Waals surface area contributed by atoms with Gasteiger partial charge in [-0.25, -0.2) is 4.39 Å². The van der Waals surface area contributed by atoms with Crippen LogP contribution in [0.2, 0.25) is 0 Å². The average Bonchev–Trinajstić information content (AvgIpc) is 2.26. The molecular weight excluding hydrogens is 209 g/mol. The Labute approximate surface area is 95.0 Å². The highest BCUT2D eigenvalue weighted by Crippen LogP contribution is 2.24. The third kappa shape index (κ3) is 3.79. The Morgan fingerprint density at radius 3 is 2.81 bits per heavy atom. The van der Waals surface area contributed by atoms with Crippen LogP contribution in [0.4, 0.5) is 4.39 Å². The molecule has 1 aromatic rings. The van der Waals surface area contributed by atoms with Crippen LogP contribution in [0.25, 0.3) is 0 Å². The third-order valence-electron chi connectivity index (χ3n) is 2.27. The van der Waals surface area contributed by atoms with E-state index in [1.807, 2.05) is 0 Å². The molecule has 90 valence electrons. The van der Waals surface area contributed by atoms with Gasteiger partial charge in [-0.15, -0.1) is 0 Å². The first-order chi connectivity index (χ1) is 7.65. The van der Waals surface area contributed by atoms with Gasteiger partial charge in [0.15, 0.2) is 0 Å². The highest BCUT2D eigenvalue weighted by molar-refractivity contribution is 5.36. The van der Waals surface area contributed by atoms with Crippen LogP contribution in [-0.2, 0) is 0 Å². The van der Waals surface area contributed by atoms with Crippen LogP contribution < -0.4 is 10.5 Å². The van der Waals surface area contributed by atoms with Crippen molar-refractivity contribution < 1.29 is 14.2 Å². The highest BCUT2D eigenvalue weighted by Gasteiger charge is 2.09. The van der Waals surface area contributed by atoms with Crippen molar-refractivity contribution >= 4 is 0 Å². The fourth-order valence-electron chi connectivity index (χ4n) is 1.40. The Kier molecular flexibility index (Phi) is 5.22. The first-order valence-electron chi connectivity index (χ1n) is 5.44. The summed E-state index contributed by atoms with van der Waals surface area (Å²) in [6.07, 6.45) is 1.47. The lowest BCUT2D eigenvalue weighted by molar-refractivity contribution is 0.251. The predicted molar refractivity (Wildman–Crippen MR) is 60.8 cm³/mol. The molecule has 0 heterocycles. The van der Waals surface area contributed by atoms with Gasteiger partial charge >= 0.3 is 0 Å². The highest BCUT2D eigenvalue weighted by atomic mass is 19.1. The molecule has 3 nitrogen and oxygen atoms in total. The Bertz CT molecular complexity index is 329. The number of hydrogen-bond acceptors (Lipinski definition) is 3. The minimum Gasteiger partial charge on any atom is -0.493 e. The van der Waals surface area contributed by atoms with E-state index in [2.05, 4.69) is 0 Å². The largest absolute Gasteiger partial charge is 0.493 e. The molecule has 0 radical (unpaired) electrons. The second kappa shape index (κ2) is 6.45. The topological polar surface area (TPSA) is 55.5 Å². The number of aliphatic hydroxyl groups is 1. The lowest BCUT2D eigenvalue weighted by atomic mass is 10.1. The van der Waals surface area contributed by atoms with Gasteiger partial charge in [-0.3, -0.25) is 0 Å². The predicted octanol–water partition coefficient (Wildman–Crippen LogP) is 2.00. The molecule has 1 aromatic carbocycles. The molecule has 0 aliphatic carbocycles. The molecular formula is C12H18FNO2. The van der Waals surface area contributed by atoms with Crippen LogP contribution in [0.15, 0.2) is 18.2 Å². The maximum Gasteiger partial charge on any atom is 0.124 e. The SMILES string of the molecule is C[C@@H](N)c1cc(F)ccc1OCCCCO. The van der Waals surface area contributed by atoms with Gasteiger partial charge in [-0.1, -0.05) is 0 Å². The Balaban J connectivity index is 2.64. The number of aliphatic hydroxyl groups excluding tert-OH is 1. The summed E-state index contributed by atoms with van der Waals surface area (Å²) < 4.78 is 18.5. The molecule has 0 bridgehead atoms. The fraction of sp³-hybridized carbons (Fsp3) is 0.500. The number of nitrogens with two attached hydrogens (primary N) is 1. The van der Waals surface area contributed by atoms with Crippen molar-refractivity contribution in [3.8, 4) is 5.75 Å². The zero-order valence-corrected chi connectivity index (χ0v) is 9.45. The van der Waals surface area contributed by atoms with Crippen LogP contribution in [0.1, 0.15) is 31.4 Å². The molecule has 1 rings (SSSR count). The van der Waals surface area contributed by atoms with E-state index < -0.39 is 0 Å². The van der Waals surface area contributed by atoms with Crippen molar-refractivity contribution in [1.29, 1.82) is 0 Å². The summed E-state index contributed by atoms with van der Waals surface area (Å²) in [7, 11) is 0. The molecule has 0 spiro atoms. The molecule has 4 heteroatoms. The summed E-state index contributed by atoms with van der Waals surface area (Å²) in [5.41, 5.74) is 6.40. The van der Waals surface area contributed by atoms with E-state index >= 15 is 0 Å². The fourth-order valence-corrected chi connectivity index (χ4v) is 1.40. The van der Waals surface area contributed by atoms with E-state index in [4.69, 9.17) is 15.6 Å². The van der Waals surface area contributed by atoms with Gasteiger partial charge in [0.05, 0.1) is 6.61 Å². The van der Waals surface area contributed by atoms with Gasteiger partial charge in [0.25, 0.3) is 0 Å². The molecule has 1 atom stereocenters. The Morgan fingerprint density at radius 1 is 1.44 bits per heavy atom. The second-order valence-electron chi connectivity index (χ2n) is 3.75. The lowest BCUT2D eigenvalue weighted by Gasteiger charge is -2.13. The summed E-state index contributed by atoms with van der Waals surface area (Å²) in [5.74, 6) is 0.310. The lowest BCUT2D eigenvalue weighted by Crippen LogP contribution is -2.09. The summed E-state index contributed by atoms with van der Waals surface area (Å²) in [6, 6.07) is 4.08. The number of ether oxygens (including phenoxy) is 1. The van der Waals surface area contributed by atoms with Crippen LogP contribution in [0, 0.1) is 5.82 Å². The van der Waals surface area contributed by atoms with Gasteiger partial charge in [-0.05, 0) is 38.0 Å². The molecule has 3 N–H and O–H groups in total. The Hall–Kier alpha value is -1.13. The molecule has 0 aromatic heterocycles. The standard InChI is InChI=1S/C12H18FNO2/c1-9(14)11-8-10(13)4-5-12(11)16-7-3-2-6-15/h4-5,8-9,15H,2-3,6-7,14H2,1H3/t9-/m1/s1. The number of benzene rings is 1. The van der Waals surface area contributed by atoms with Crippen LogP contribution in [0.5, 0.6) is 5.75 Å². The van der Waals surface area contributed by atoms with Crippen LogP contribution in [0.3, 0.4) is 0 Å². The molecule has 0 fully saturated rings. The first kappa shape index (κ1) is 12.9. The summed E-state index contributed by atoms with van der Waals surface area (Å²) in [5, 5.41) is 8.62. The van der Waals surface area contributed by atoms with Crippen molar-refractivity contribution in [3.05, 3.63) is 29.6 Å². The first-order valence-corrected chi connectivity index (χ1v) is 5.44. The van der Waals surface area contributed by atoms with E-state index in [1.54, 1.807) is 13.0 Å². The molecule has 0 saturated heterocycles. The van der Waals surface area contributed by atoms with Crippen molar-refractivity contribution in [1.82, 2.24) is 0 Å². The number of halogens is 1. The third-order valence-corrected chi connectivity index (χ3v) is 2.27. The molecule has 16 heavy (non-hydrogen) atoms. The minimum absolute atomic E-state index is 0.160. The summed E-state index contributed by atoms with van der Waals surface area (Å²) >= 11 is 0. The van der Waals surface area contributed by atoms with Crippen molar-refractivity contribution in [2.45, 2.75) is 25.8 Å². The molecule has 0 unspecified atom stereocenters. The zero-order chi connectivity index (χ0) is 12.0. The minimum atomic E-state index is -0.310. The maximum atomic E-state index is 13.0. The second-order valence-corrected chi connectivity index (χ2v) is 3.75. The number of unbranched alkanes of at least 4 members (excludes halogenated alkanes) is 1. The average molecular weight is 227 g/mol. The van der Waals surface area contributed by atoms with E-state index in [0.29, 0.717) is 24.3 Å². The Morgan fingerprint density at radius 2 is 2.19 bits per heavy atom. The smallest absolute Gasteiger partial charge is 0.124 e. The molecule has 0 amide bonds. The van der Waals surface area contributed by atoms with Crippen molar-refractivity contribution in [2.75, 3.05) is 13.2 Å². The van der Waals surface area contributed by atoms with Crippen molar-refractivity contribution in [3.63, 3.8) is 0 Å². The number of hydrogen-bond donors (Lipinski definition) is 2. The zero-order valence-electron chi connectivity index (χ0n) is 9.45. The summed E-state index contributed by atoms with van der Waals surface area (Å²) in [4.78, 5) is 0. The van der Waals surface area contributed by atoms with E-state index in [9.17, 15) is 4.39 Å². The monoisotopic (exact) mass is 227 g/mol. The van der Waals surface area contributed by atoms with Gasteiger partial charge in [0.1, 0.15) is 11.6 Å². The molecule has 0 aliphatic rings. The van der Waals surface area contributed by atoms with E-state index in [1.165, 1.54) is 12.1 Å². The van der Waals surface area contributed by atoms with Gasteiger partial charge < -0.3 is 15.6 Å². The summed E-state index contributed by atoms with van der Waals surface area (Å²) in [6.45, 7) is 2.45. The van der Waals surface area contributed by atoms with Gasteiger partial charge in [0.2, 0.25) is 0 Å². The van der Waals surface area contributed by atoms with Crippen molar-refractivity contribution in [2.24, 2.45) is 5.73 Å². The quantitative estimate of drug-likeness (QED) is 0.731. The molecule has 0 aliphatic heterocycles. The van der Waals surface area contributed by atoms with Crippen LogP contribution >= 0.6 is 0 Å². The number of rotatable bonds is 6. The van der Waals surface area contributed by atoms with Gasteiger partial charge in [0, 0.05) is 18.2 Å². The van der Waals surface area contributed by atoms with E-state index in [0.717, 1.165) is 6.42 Å². The van der Waals surface area contributed by atoms with Gasteiger partial charge in [-0.2, -0.15) is 0 Å². The molecule has 0 saturated carbocycles. The van der Waals surface area contributed by atoms with E-state index in [-0.39, 0.29) is 18.5 Å². The van der Waals surface area contributed by atoms with Crippen LogP contribution in [-0.4, -0.2) is 18.3 Å². The maximum absolute atomic E-state index is 13.0.